The van der Waals surface area contributed by atoms with Crippen LogP contribution in [0.2, 0.25) is 0 Å². The predicted molar refractivity (Wildman–Crippen MR) is 85.8 cm³/mol. The summed E-state index contributed by atoms with van der Waals surface area (Å²) in [6.45, 7) is 5.57. The first kappa shape index (κ1) is 15.1. The fourth-order valence-corrected chi connectivity index (χ4v) is 5.69. The van der Waals surface area contributed by atoms with E-state index in [1.165, 1.54) is 23.5 Å². The van der Waals surface area contributed by atoms with Crippen LogP contribution in [-0.4, -0.2) is 38.5 Å². The van der Waals surface area contributed by atoms with Crippen LogP contribution in [0.4, 0.5) is 0 Å². The van der Waals surface area contributed by atoms with Crippen molar-refractivity contribution in [2.75, 3.05) is 18.1 Å². The van der Waals surface area contributed by atoms with Crippen LogP contribution in [0.15, 0.2) is 18.7 Å². The van der Waals surface area contributed by atoms with Crippen LogP contribution in [0, 0.1) is 0 Å². The molecule has 5 heteroatoms. The zero-order valence-corrected chi connectivity index (χ0v) is 13.3. The van der Waals surface area contributed by atoms with Gasteiger partial charge in [0.1, 0.15) is 6.33 Å². The lowest BCUT2D eigenvalue weighted by Gasteiger charge is -2.36. The number of hydrogen-bond acceptors (Lipinski definition) is 5. The van der Waals surface area contributed by atoms with Crippen LogP contribution in [0.1, 0.15) is 38.3 Å². The second-order valence-electron chi connectivity index (χ2n) is 4.76. The molecule has 1 aliphatic heterocycles. The van der Waals surface area contributed by atoms with Crippen LogP contribution < -0.4 is 5.32 Å². The molecule has 106 valence electrons. The molecule has 3 unspecified atom stereocenters. The van der Waals surface area contributed by atoms with Gasteiger partial charge in [-0.15, -0.1) is 0 Å². The van der Waals surface area contributed by atoms with E-state index in [1.54, 1.807) is 6.33 Å². The summed E-state index contributed by atoms with van der Waals surface area (Å²) >= 11 is 4.24. The zero-order chi connectivity index (χ0) is 13.5. The molecule has 0 aromatic carbocycles. The van der Waals surface area contributed by atoms with E-state index in [2.05, 4.69) is 52.7 Å². The van der Waals surface area contributed by atoms with E-state index in [4.69, 9.17) is 0 Å². The minimum Gasteiger partial charge on any atom is -0.309 e. The third kappa shape index (κ3) is 4.10. The summed E-state index contributed by atoms with van der Waals surface area (Å²) in [6.07, 6.45) is 7.94. The predicted octanol–water partition coefficient (Wildman–Crippen LogP) is 3.14. The highest BCUT2D eigenvalue weighted by molar-refractivity contribution is 8.07. The van der Waals surface area contributed by atoms with Crippen molar-refractivity contribution in [2.45, 2.75) is 43.2 Å². The van der Waals surface area contributed by atoms with E-state index in [9.17, 15) is 0 Å². The molecule has 0 bridgehead atoms. The number of hydrogen-bond donors (Lipinski definition) is 1. The number of rotatable bonds is 6. The van der Waals surface area contributed by atoms with Gasteiger partial charge in [0.15, 0.2) is 0 Å². The SMILES string of the molecule is CCCNC(c1cncnc1)C1SCCSC1CC. The highest BCUT2D eigenvalue weighted by Crippen LogP contribution is 2.39. The Morgan fingerprint density at radius 1 is 1.26 bits per heavy atom. The van der Waals surface area contributed by atoms with Gasteiger partial charge < -0.3 is 5.32 Å². The number of aromatic nitrogens is 2. The largest absolute Gasteiger partial charge is 0.309 e. The van der Waals surface area contributed by atoms with Crippen molar-refractivity contribution >= 4 is 23.5 Å². The van der Waals surface area contributed by atoms with Gasteiger partial charge in [0.25, 0.3) is 0 Å². The van der Waals surface area contributed by atoms with Crippen molar-refractivity contribution in [1.29, 1.82) is 0 Å². The summed E-state index contributed by atoms with van der Waals surface area (Å²) in [5.41, 5.74) is 1.23. The first-order valence-corrected chi connectivity index (χ1v) is 9.18. The average molecular weight is 297 g/mol. The van der Waals surface area contributed by atoms with E-state index in [-0.39, 0.29) is 0 Å². The molecule has 19 heavy (non-hydrogen) atoms. The van der Waals surface area contributed by atoms with Gasteiger partial charge in [0, 0.05) is 46.0 Å². The third-order valence-electron chi connectivity index (χ3n) is 3.38. The molecule has 1 aromatic heterocycles. The summed E-state index contributed by atoms with van der Waals surface area (Å²) in [7, 11) is 0. The number of nitrogens with one attached hydrogen (secondary N) is 1. The first-order valence-electron chi connectivity index (χ1n) is 7.08. The minimum absolute atomic E-state index is 0.379. The Morgan fingerprint density at radius 3 is 2.68 bits per heavy atom. The minimum atomic E-state index is 0.379. The van der Waals surface area contributed by atoms with E-state index in [1.807, 2.05) is 12.4 Å². The third-order valence-corrected chi connectivity index (χ3v) is 6.73. The van der Waals surface area contributed by atoms with E-state index in [0.717, 1.165) is 18.2 Å². The zero-order valence-electron chi connectivity index (χ0n) is 11.7. The maximum Gasteiger partial charge on any atom is 0.115 e. The van der Waals surface area contributed by atoms with Gasteiger partial charge in [-0.3, -0.25) is 0 Å². The molecule has 1 aliphatic rings. The van der Waals surface area contributed by atoms with Crippen molar-refractivity contribution in [3.8, 4) is 0 Å². The number of thioether (sulfide) groups is 2. The molecule has 3 nitrogen and oxygen atoms in total. The van der Waals surface area contributed by atoms with E-state index < -0.39 is 0 Å². The van der Waals surface area contributed by atoms with Crippen LogP contribution in [0.3, 0.4) is 0 Å². The Kier molecular flexibility index (Phi) is 6.47. The molecule has 0 radical (unpaired) electrons. The number of nitrogens with zero attached hydrogens (tertiary/aromatic N) is 2. The molecule has 0 amide bonds. The van der Waals surface area contributed by atoms with Gasteiger partial charge in [0.05, 0.1) is 0 Å². The lowest BCUT2D eigenvalue weighted by atomic mass is 10.0. The van der Waals surface area contributed by atoms with Gasteiger partial charge in [-0.05, 0) is 19.4 Å². The molecule has 0 saturated carbocycles. The van der Waals surface area contributed by atoms with Crippen LogP contribution in [-0.2, 0) is 0 Å². The van der Waals surface area contributed by atoms with Crippen molar-refractivity contribution in [2.24, 2.45) is 0 Å². The lowest BCUT2D eigenvalue weighted by Crippen LogP contribution is -2.39. The van der Waals surface area contributed by atoms with Crippen molar-refractivity contribution in [3.63, 3.8) is 0 Å². The molecule has 1 aromatic rings. The summed E-state index contributed by atoms with van der Waals surface area (Å²) in [6, 6.07) is 0.379. The van der Waals surface area contributed by atoms with Gasteiger partial charge in [0.2, 0.25) is 0 Å². The second-order valence-corrected chi connectivity index (χ2v) is 7.39. The highest BCUT2D eigenvalue weighted by Gasteiger charge is 2.32. The molecule has 0 aliphatic carbocycles. The molecular formula is C14H23N3S2. The molecule has 3 atom stereocenters. The standard InChI is InChI=1S/C14H23N3S2/c1-3-5-17-13(11-8-15-10-16-9-11)14-12(4-2)18-6-7-19-14/h8-10,12-14,17H,3-7H2,1-2H3. The fourth-order valence-electron chi connectivity index (χ4n) is 2.44. The van der Waals surface area contributed by atoms with Crippen molar-refractivity contribution in [3.05, 3.63) is 24.3 Å². The Hall–Kier alpha value is -0.260. The summed E-state index contributed by atoms with van der Waals surface area (Å²) < 4.78 is 0. The maximum absolute atomic E-state index is 4.19. The van der Waals surface area contributed by atoms with Crippen molar-refractivity contribution in [1.82, 2.24) is 15.3 Å². The monoisotopic (exact) mass is 297 g/mol. The lowest BCUT2D eigenvalue weighted by molar-refractivity contribution is 0.495. The van der Waals surface area contributed by atoms with E-state index in [0.29, 0.717) is 11.3 Å². The maximum atomic E-state index is 4.19. The average Bonchev–Trinajstić information content (AvgIpc) is 2.49. The Morgan fingerprint density at radius 2 is 2.00 bits per heavy atom. The van der Waals surface area contributed by atoms with Crippen LogP contribution in [0.5, 0.6) is 0 Å². The molecule has 0 spiro atoms. The topological polar surface area (TPSA) is 37.8 Å². The van der Waals surface area contributed by atoms with Gasteiger partial charge >= 0.3 is 0 Å². The van der Waals surface area contributed by atoms with Gasteiger partial charge in [-0.25, -0.2) is 9.97 Å². The Balaban J connectivity index is 2.16. The molecule has 2 heterocycles. The Labute approximate surface area is 124 Å². The van der Waals surface area contributed by atoms with Gasteiger partial charge in [-0.1, -0.05) is 13.8 Å². The quantitative estimate of drug-likeness (QED) is 0.873. The fraction of sp³-hybridized carbons (Fsp3) is 0.714. The molecule has 1 N–H and O–H groups in total. The summed E-state index contributed by atoms with van der Waals surface area (Å²) in [5, 5.41) is 5.06. The normalized spacial score (nSPS) is 25.2. The molecule has 1 saturated heterocycles. The van der Waals surface area contributed by atoms with Gasteiger partial charge in [-0.2, -0.15) is 23.5 Å². The summed E-state index contributed by atoms with van der Waals surface area (Å²) in [5.74, 6) is 2.54. The van der Waals surface area contributed by atoms with Crippen molar-refractivity contribution < 1.29 is 0 Å². The molecule has 2 rings (SSSR count). The highest BCUT2D eigenvalue weighted by atomic mass is 32.2. The van der Waals surface area contributed by atoms with E-state index >= 15 is 0 Å². The molecule has 1 fully saturated rings. The first-order chi connectivity index (χ1) is 9.36. The smallest absolute Gasteiger partial charge is 0.115 e. The van der Waals surface area contributed by atoms with Crippen LogP contribution in [0.25, 0.3) is 0 Å². The van der Waals surface area contributed by atoms with Crippen LogP contribution >= 0.6 is 23.5 Å². The molecular weight excluding hydrogens is 274 g/mol. The Bertz CT molecular complexity index is 361. The summed E-state index contributed by atoms with van der Waals surface area (Å²) in [4.78, 5) is 8.38. The second kappa shape index (κ2) is 8.12.